The van der Waals surface area contributed by atoms with E-state index in [4.69, 9.17) is 4.74 Å². The number of aryl methyl sites for hydroxylation is 2. The van der Waals surface area contributed by atoms with Gasteiger partial charge in [0, 0.05) is 12.7 Å². The second-order valence-electron chi connectivity index (χ2n) is 5.18. The van der Waals surface area contributed by atoms with Gasteiger partial charge in [-0.15, -0.1) is 0 Å². The number of ether oxygens (including phenoxy) is 1. The maximum atomic E-state index is 14.4. The highest BCUT2D eigenvalue weighted by atomic mass is 19.1. The summed E-state index contributed by atoms with van der Waals surface area (Å²) in [5.41, 5.74) is 2.26. The van der Waals surface area contributed by atoms with Gasteiger partial charge in [0.05, 0.1) is 11.6 Å². The second-order valence-corrected chi connectivity index (χ2v) is 5.18. The van der Waals surface area contributed by atoms with Crippen molar-refractivity contribution in [2.45, 2.75) is 52.2 Å². The smallest absolute Gasteiger partial charge is 0.128 e. The van der Waals surface area contributed by atoms with Crippen molar-refractivity contribution in [2.75, 3.05) is 14.2 Å². The maximum Gasteiger partial charge on any atom is 0.128 e. The van der Waals surface area contributed by atoms with Crippen LogP contribution in [0.15, 0.2) is 12.1 Å². The van der Waals surface area contributed by atoms with Crippen molar-refractivity contribution < 1.29 is 9.13 Å². The van der Waals surface area contributed by atoms with Crippen LogP contribution in [0.2, 0.25) is 0 Å². The summed E-state index contributed by atoms with van der Waals surface area (Å²) < 4.78 is 20.1. The molecule has 1 N–H and O–H groups in total. The van der Waals surface area contributed by atoms with Gasteiger partial charge in [0.15, 0.2) is 0 Å². The molecule has 1 rings (SSSR count). The van der Waals surface area contributed by atoms with Crippen LogP contribution in [0.3, 0.4) is 0 Å². The average molecular weight is 267 g/mol. The molecule has 108 valence electrons. The van der Waals surface area contributed by atoms with Crippen molar-refractivity contribution in [2.24, 2.45) is 0 Å². The van der Waals surface area contributed by atoms with Crippen LogP contribution in [0.4, 0.5) is 4.39 Å². The molecule has 1 aromatic rings. The number of nitrogens with one attached hydrogen (secondary N) is 1. The topological polar surface area (TPSA) is 21.3 Å². The molecule has 0 fully saturated rings. The highest BCUT2D eigenvalue weighted by Crippen LogP contribution is 2.37. The number of hydrogen-bond donors (Lipinski definition) is 1. The van der Waals surface area contributed by atoms with E-state index in [1.807, 2.05) is 27.0 Å². The molecule has 0 bridgehead atoms. The number of rotatable bonds is 6. The lowest BCUT2D eigenvalue weighted by molar-refractivity contribution is -0.0477. The fourth-order valence-corrected chi connectivity index (χ4v) is 3.03. The van der Waals surface area contributed by atoms with Gasteiger partial charge in [-0.05, 0) is 50.9 Å². The first kappa shape index (κ1) is 16.1. The third-order valence-corrected chi connectivity index (χ3v) is 4.19. The molecule has 0 aliphatic rings. The van der Waals surface area contributed by atoms with Gasteiger partial charge < -0.3 is 10.1 Å². The minimum atomic E-state index is -0.379. The van der Waals surface area contributed by atoms with Crippen LogP contribution in [0.1, 0.15) is 49.4 Å². The van der Waals surface area contributed by atoms with Crippen LogP contribution in [-0.4, -0.2) is 19.8 Å². The predicted octanol–water partition coefficient (Wildman–Crippen LogP) is 3.91. The normalized spacial score (nSPS) is 13.6. The lowest BCUT2D eigenvalue weighted by Gasteiger charge is -2.39. The van der Waals surface area contributed by atoms with Crippen LogP contribution >= 0.6 is 0 Å². The zero-order valence-corrected chi connectivity index (χ0v) is 12.9. The monoisotopic (exact) mass is 267 g/mol. The first-order valence-corrected chi connectivity index (χ1v) is 6.94. The van der Waals surface area contributed by atoms with E-state index in [9.17, 15) is 4.39 Å². The average Bonchev–Trinajstić information content (AvgIpc) is 2.37. The number of likely N-dealkylation sites (N-methyl/N-ethyl adjacent to an activating group) is 1. The van der Waals surface area contributed by atoms with Crippen LogP contribution in [0, 0.1) is 19.7 Å². The summed E-state index contributed by atoms with van der Waals surface area (Å²) in [6, 6.07) is 3.47. The summed E-state index contributed by atoms with van der Waals surface area (Å²) in [5.74, 6) is -0.153. The molecule has 2 nitrogen and oxygen atoms in total. The van der Waals surface area contributed by atoms with Gasteiger partial charge in [-0.1, -0.05) is 19.9 Å². The molecule has 0 radical (unpaired) electrons. The van der Waals surface area contributed by atoms with Crippen LogP contribution in [0.25, 0.3) is 0 Å². The molecule has 0 saturated heterocycles. The Hall–Kier alpha value is -0.930. The summed E-state index contributed by atoms with van der Waals surface area (Å²) in [7, 11) is 3.57. The molecule has 0 saturated carbocycles. The van der Waals surface area contributed by atoms with Crippen LogP contribution < -0.4 is 5.32 Å². The van der Waals surface area contributed by atoms with Gasteiger partial charge in [-0.2, -0.15) is 0 Å². The van der Waals surface area contributed by atoms with E-state index < -0.39 is 0 Å². The third-order valence-electron chi connectivity index (χ3n) is 4.19. The van der Waals surface area contributed by atoms with E-state index in [0.717, 1.165) is 29.5 Å². The Morgan fingerprint density at radius 1 is 1.26 bits per heavy atom. The highest BCUT2D eigenvalue weighted by Gasteiger charge is 2.38. The quantitative estimate of drug-likeness (QED) is 0.843. The molecule has 3 heteroatoms. The lowest BCUT2D eigenvalue weighted by Crippen LogP contribution is -2.44. The first-order chi connectivity index (χ1) is 8.95. The first-order valence-electron chi connectivity index (χ1n) is 6.94. The molecule has 0 aliphatic carbocycles. The molecule has 1 unspecified atom stereocenters. The summed E-state index contributed by atoms with van der Waals surface area (Å²) in [5, 5.41) is 3.25. The minimum absolute atomic E-state index is 0.145. The van der Waals surface area contributed by atoms with Gasteiger partial charge in [-0.25, -0.2) is 4.39 Å². The van der Waals surface area contributed by atoms with Gasteiger partial charge >= 0.3 is 0 Å². The van der Waals surface area contributed by atoms with Crippen molar-refractivity contribution in [1.29, 1.82) is 0 Å². The standard InChI is InChI=1S/C16H26FNO/c1-7-16(8-2,19-6)15(18-5)14-12(4)9-11(3)10-13(14)17/h9-10,15,18H,7-8H2,1-6H3. The molecule has 1 aromatic carbocycles. The molecule has 0 aliphatic heterocycles. The van der Waals surface area contributed by atoms with E-state index in [0.29, 0.717) is 0 Å². The fraction of sp³-hybridized carbons (Fsp3) is 0.625. The molecule has 19 heavy (non-hydrogen) atoms. The third kappa shape index (κ3) is 2.98. The molecular formula is C16H26FNO. The largest absolute Gasteiger partial charge is 0.376 e. The van der Waals surface area contributed by atoms with Gasteiger partial charge in [0.25, 0.3) is 0 Å². The SMILES string of the molecule is CCC(CC)(OC)C(NC)c1c(C)cc(C)cc1F. The van der Waals surface area contributed by atoms with E-state index in [1.54, 1.807) is 13.2 Å². The number of benzene rings is 1. The Labute approximate surface area is 116 Å². The molecular weight excluding hydrogens is 241 g/mol. The fourth-order valence-electron chi connectivity index (χ4n) is 3.03. The van der Waals surface area contributed by atoms with E-state index in [2.05, 4.69) is 19.2 Å². The Bertz CT molecular complexity index is 395. The highest BCUT2D eigenvalue weighted by molar-refractivity contribution is 5.36. The number of halogens is 1. The summed E-state index contributed by atoms with van der Waals surface area (Å²) >= 11 is 0. The van der Waals surface area contributed by atoms with Crippen LogP contribution in [-0.2, 0) is 4.74 Å². The summed E-state index contributed by atoms with van der Waals surface area (Å²) in [6.45, 7) is 8.04. The van der Waals surface area contributed by atoms with Crippen molar-refractivity contribution in [3.63, 3.8) is 0 Å². The van der Waals surface area contributed by atoms with Crippen LogP contribution in [0.5, 0.6) is 0 Å². The zero-order chi connectivity index (χ0) is 14.6. The van der Waals surface area contributed by atoms with Crippen molar-refractivity contribution in [3.8, 4) is 0 Å². The van der Waals surface area contributed by atoms with Gasteiger partial charge in [-0.3, -0.25) is 0 Å². The summed E-state index contributed by atoms with van der Waals surface area (Å²) in [4.78, 5) is 0. The molecule has 0 amide bonds. The zero-order valence-electron chi connectivity index (χ0n) is 12.9. The molecule has 0 heterocycles. The Kier molecular flexibility index (Phi) is 5.50. The predicted molar refractivity (Wildman–Crippen MR) is 78.0 cm³/mol. The molecule has 0 aromatic heterocycles. The molecule has 0 spiro atoms. The van der Waals surface area contributed by atoms with Crippen molar-refractivity contribution >= 4 is 0 Å². The molecule has 1 atom stereocenters. The van der Waals surface area contributed by atoms with Crippen molar-refractivity contribution in [1.82, 2.24) is 5.32 Å². The number of hydrogen-bond acceptors (Lipinski definition) is 2. The van der Waals surface area contributed by atoms with Gasteiger partial charge in [0.1, 0.15) is 5.82 Å². The second kappa shape index (κ2) is 6.49. The van der Waals surface area contributed by atoms with E-state index >= 15 is 0 Å². The Morgan fingerprint density at radius 3 is 2.21 bits per heavy atom. The van der Waals surface area contributed by atoms with E-state index in [-0.39, 0.29) is 17.5 Å². The Morgan fingerprint density at radius 2 is 1.84 bits per heavy atom. The van der Waals surface area contributed by atoms with Gasteiger partial charge in [0.2, 0.25) is 0 Å². The number of methoxy groups -OCH3 is 1. The maximum absolute atomic E-state index is 14.4. The summed E-state index contributed by atoms with van der Waals surface area (Å²) in [6.07, 6.45) is 1.66. The Balaban J connectivity index is 3.38. The minimum Gasteiger partial charge on any atom is -0.376 e. The lowest BCUT2D eigenvalue weighted by atomic mass is 9.81. The van der Waals surface area contributed by atoms with Crippen molar-refractivity contribution in [3.05, 3.63) is 34.6 Å². The van der Waals surface area contributed by atoms with E-state index in [1.165, 1.54) is 0 Å².